The molecule has 0 aliphatic carbocycles. The average molecular weight is 370 g/mol. The summed E-state index contributed by atoms with van der Waals surface area (Å²) in [5.74, 6) is 1.11. The zero-order chi connectivity index (χ0) is 18.8. The Morgan fingerprint density at radius 1 is 1.15 bits per heavy atom. The van der Waals surface area contributed by atoms with Crippen molar-refractivity contribution in [3.63, 3.8) is 0 Å². The number of hydrogen-bond acceptors (Lipinski definition) is 3. The SMILES string of the molecule is NCC(C1CCN(C(=O)O)CC1)N1CCC(c2c[nH]c3ccccc23)CC1. The normalized spacial score (nSPS) is 21.6. The number of carboxylic acid groups (broad SMARTS) is 1. The highest BCUT2D eigenvalue weighted by atomic mass is 16.4. The molecule has 1 aromatic heterocycles. The minimum atomic E-state index is -0.794. The molecule has 2 saturated heterocycles. The Balaban J connectivity index is 1.37. The third kappa shape index (κ3) is 3.69. The number of aromatic amines is 1. The number of carbonyl (C=O) groups is 1. The Morgan fingerprint density at radius 3 is 2.52 bits per heavy atom. The molecule has 0 radical (unpaired) electrons. The number of nitrogens with zero attached hydrogens (tertiary/aromatic N) is 2. The van der Waals surface area contributed by atoms with Crippen molar-refractivity contribution in [2.45, 2.75) is 37.6 Å². The number of amides is 1. The number of likely N-dealkylation sites (tertiary alicyclic amines) is 2. The molecular weight excluding hydrogens is 340 g/mol. The van der Waals surface area contributed by atoms with Crippen molar-refractivity contribution in [1.29, 1.82) is 0 Å². The van der Waals surface area contributed by atoms with E-state index in [1.54, 1.807) is 0 Å². The van der Waals surface area contributed by atoms with Gasteiger partial charge < -0.3 is 20.7 Å². The summed E-state index contributed by atoms with van der Waals surface area (Å²) >= 11 is 0. The van der Waals surface area contributed by atoms with Gasteiger partial charge in [-0.2, -0.15) is 0 Å². The van der Waals surface area contributed by atoms with Gasteiger partial charge in [-0.25, -0.2) is 4.79 Å². The number of fused-ring (bicyclic) bond motifs is 1. The van der Waals surface area contributed by atoms with Crippen LogP contribution in [0.1, 0.15) is 37.2 Å². The number of para-hydroxylation sites is 1. The standard InChI is InChI=1S/C21H30N4O2/c22-13-20(16-7-11-25(12-8-16)21(26)27)24-9-5-15(6-10-24)18-14-23-19-4-2-1-3-17(18)19/h1-4,14-16,20,23H,5-13,22H2,(H,26,27). The molecule has 146 valence electrons. The van der Waals surface area contributed by atoms with Crippen LogP contribution < -0.4 is 5.73 Å². The lowest BCUT2D eigenvalue weighted by Gasteiger charge is -2.43. The van der Waals surface area contributed by atoms with Crippen LogP contribution in [0.5, 0.6) is 0 Å². The first-order valence-electron chi connectivity index (χ1n) is 10.2. The topological polar surface area (TPSA) is 85.6 Å². The van der Waals surface area contributed by atoms with Gasteiger partial charge >= 0.3 is 6.09 Å². The number of nitrogens with two attached hydrogens (primary N) is 1. The number of piperidine rings is 2. The minimum Gasteiger partial charge on any atom is -0.465 e. The second-order valence-electron chi connectivity index (χ2n) is 8.01. The Hall–Kier alpha value is -2.05. The number of nitrogens with one attached hydrogen (secondary N) is 1. The highest BCUT2D eigenvalue weighted by molar-refractivity contribution is 5.83. The summed E-state index contributed by atoms with van der Waals surface area (Å²) in [6.07, 6.45) is 5.57. The summed E-state index contributed by atoms with van der Waals surface area (Å²) in [6.45, 7) is 4.09. The summed E-state index contributed by atoms with van der Waals surface area (Å²) in [7, 11) is 0. The van der Waals surface area contributed by atoms with Gasteiger partial charge in [-0.15, -0.1) is 0 Å². The van der Waals surface area contributed by atoms with Gasteiger partial charge in [0.25, 0.3) is 0 Å². The van der Waals surface area contributed by atoms with E-state index in [1.165, 1.54) is 21.4 Å². The van der Waals surface area contributed by atoms with E-state index >= 15 is 0 Å². The third-order valence-corrected chi connectivity index (χ3v) is 6.66. The number of rotatable bonds is 4. The van der Waals surface area contributed by atoms with Crippen molar-refractivity contribution in [3.05, 3.63) is 36.0 Å². The molecule has 1 unspecified atom stereocenters. The molecule has 1 amide bonds. The number of aromatic nitrogens is 1. The largest absolute Gasteiger partial charge is 0.465 e. The molecule has 0 saturated carbocycles. The molecule has 2 fully saturated rings. The van der Waals surface area contributed by atoms with Gasteiger partial charge in [0.15, 0.2) is 0 Å². The summed E-state index contributed by atoms with van der Waals surface area (Å²) in [6, 6.07) is 8.92. The van der Waals surface area contributed by atoms with Crippen molar-refractivity contribution >= 4 is 17.0 Å². The molecule has 1 atom stereocenters. The predicted molar refractivity (Wildman–Crippen MR) is 107 cm³/mol. The summed E-state index contributed by atoms with van der Waals surface area (Å²) in [5.41, 5.74) is 8.83. The van der Waals surface area contributed by atoms with Crippen molar-refractivity contribution < 1.29 is 9.90 Å². The van der Waals surface area contributed by atoms with Crippen LogP contribution in [0.2, 0.25) is 0 Å². The van der Waals surface area contributed by atoms with Crippen molar-refractivity contribution in [2.24, 2.45) is 11.7 Å². The minimum absolute atomic E-state index is 0.380. The molecule has 1 aromatic carbocycles. The van der Waals surface area contributed by atoms with Crippen LogP contribution in [0, 0.1) is 5.92 Å². The molecule has 2 aliphatic rings. The first-order valence-corrected chi connectivity index (χ1v) is 10.2. The van der Waals surface area contributed by atoms with Crippen LogP contribution in [0.15, 0.2) is 30.5 Å². The van der Waals surface area contributed by atoms with Gasteiger partial charge in [-0.05, 0) is 62.2 Å². The van der Waals surface area contributed by atoms with Crippen molar-refractivity contribution in [3.8, 4) is 0 Å². The van der Waals surface area contributed by atoms with Gasteiger partial charge in [0, 0.05) is 42.8 Å². The van der Waals surface area contributed by atoms with Gasteiger partial charge in [0.2, 0.25) is 0 Å². The van der Waals surface area contributed by atoms with Crippen LogP contribution in [0.3, 0.4) is 0 Å². The zero-order valence-electron chi connectivity index (χ0n) is 15.8. The molecule has 0 spiro atoms. The molecule has 0 bridgehead atoms. The second kappa shape index (κ2) is 7.90. The molecule has 27 heavy (non-hydrogen) atoms. The van der Waals surface area contributed by atoms with E-state index in [9.17, 15) is 4.79 Å². The van der Waals surface area contributed by atoms with E-state index in [0.717, 1.165) is 38.8 Å². The first-order chi connectivity index (χ1) is 13.2. The lowest BCUT2D eigenvalue weighted by molar-refractivity contribution is 0.0703. The third-order valence-electron chi connectivity index (χ3n) is 6.66. The highest BCUT2D eigenvalue weighted by Gasteiger charge is 2.33. The molecule has 2 aromatic rings. The number of hydrogen-bond donors (Lipinski definition) is 3. The quantitative estimate of drug-likeness (QED) is 0.772. The maximum atomic E-state index is 11.1. The van der Waals surface area contributed by atoms with Gasteiger partial charge in [-0.3, -0.25) is 4.90 Å². The fourth-order valence-corrected chi connectivity index (χ4v) is 5.09. The monoisotopic (exact) mass is 370 g/mol. The molecule has 6 nitrogen and oxygen atoms in total. The van der Waals surface area contributed by atoms with Crippen LogP contribution in [0.25, 0.3) is 10.9 Å². The Labute approximate surface area is 160 Å². The molecule has 4 rings (SSSR count). The average Bonchev–Trinajstić information content (AvgIpc) is 3.14. The fourth-order valence-electron chi connectivity index (χ4n) is 5.09. The molecule has 2 aliphatic heterocycles. The highest BCUT2D eigenvalue weighted by Crippen LogP contribution is 2.35. The first kappa shape index (κ1) is 18.3. The van der Waals surface area contributed by atoms with Crippen molar-refractivity contribution in [1.82, 2.24) is 14.8 Å². The maximum Gasteiger partial charge on any atom is 0.407 e. The number of H-pyrrole nitrogens is 1. The zero-order valence-corrected chi connectivity index (χ0v) is 15.8. The molecule has 4 N–H and O–H groups in total. The molecule has 3 heterocycles. The Kier molecular flexibility index (Phi) is 5.36. The van der Waals surface area contributed by atoms with E-state index in [0.29, 0.717) is 37.5 Å². The lowest BCUT2D eigenvalue weighted by atomic mass is 9.84. The Bertz CT molecular complexity index is 773. The van der Waals surface area contributed by atoms with Crippen LogP contribution in [0.4, 0.5) is 4.79 Å². The van der Waals surface area contributed by atoms with Crippen molar-refractivity contribution in [2.75, 3.05) is 32.7 Å². The van der Waals surface area contributed by atoms with Gasteiger partial charge in [-0.1, -0.05) is 18.2 Å². The Morgan fingerprint density at radius 2 is 1.85 bits per heavy atom. The van der Waals surface area contributed by atoms with Gasteiger partial charge in [0.1, 0.15) is 0 Å². The second-order valence-corrected chi connectivity index (χ2v) is 8.01. The van der Waals surface area contributed by atoms with E-state index in [-0.39, 0.29) is 0 Å². The van der Waals surface area contributed by atoms with Crippen LogP contribution >= 0.6 is 0 Å². The fraction of sp³-hybridized carbons (Fsp3) is 0.571. The maximum absolute atomic E-state index is 11.1. The van der Waals surface area contributed by atoms with Crippen LogP contribution in [-0.4, -0.2) is 64.7 Å². The molecule has 6 heteroatoms. The van der Waals surface area contributed by atoms with E-state index in [2.05, 4.69) is 40.3 Å². The predicted octanol–water partition coefficient (Wildman–Crippen LogP) is 3.06. The summed E-state index contributed by atoms with van der Waals surface area (Å²) < 4.78 is 0. The smallest absolute Gasteiger partial charge is 0.407 e. The van der Waals surface area contributed by atoms with Crippen LogP contribution in [-0.2, 0) is 0 Å². The summed E-state index contributed by atoms with van der Waals surface area (Å²) in [5, 5.41) is 10.5. The number of benzene rings is 1. The summed E-state index contributed by atoms with van der Waals surface area (Å²) in [4.78, 5) is 18.6. The molecular formula is C21H30N4O2. The van der Waals surface area contributed by atoms with E-state index in [1.807, 2.05) is 0 Å². The van der Waals surface area contributed by atoms with E-state index in [4.69, 9.17) is 10.8 Å². The van der Waals surface area contributed by atoms with Gasteiger partial charge in [0.05, 0.1) is 0 Å². The van der Waals surface area contributed by atoms with E-state index < -0.39 is 6.09 Å². The lowest BCUT2D eigenvalue weighted by Crippen LogP contribution is -2.51.